The van der Waals surface area contributed by atoms with E-state index in [0.29, 0.717) is 5.56 Å². The average molecular weight is 368 g/mol. The zero-order valence-electron chi connectivity index (χ0n) is 12.2. The van der Waals surface area contributed by atoms with E-state index in [4.69, 9.17) is 0 Å². The molecule has 0 aliphatic heterocycles. The zero-order valence-corrected chi connectivity index (χ0v) is 13.7. The quantitative estimate of drug-likeness (QED) is 0.693. The highest BCUT2D eigenvalue weighted by atomic mass is 79.9. The lowest BCUT2D eigenvalue weighted by Crippen LogP contribution is -2.12. The summed E-state index contributed by atoms with van der Waals surface area (Å²) in [4.78, 5) is 16.4. The Morgan fingerprint density at radius 1 is 0.913 bits per heavy atom. The summed E-state index contributed by atoms with van der Waals surface area (Å²) >= 11 is 3.48. The van der Waals surface area contributed by atoms with E-state index in [2.05, 4.69) is 31.5 Å². The summed E-state index contributed by atoms with van der Waals surface area (Å²) in [6.07, 6.45) is 3.22. The van der Waals surface area contributed by atoms with Crippen molar-refractivity contribution in [1.29, 1.82) is 0 Å². The maximum absolute atomic E-state index is 12.3. The third-order valence-corrected chi connectivity index (χ3v) is 3.88. The smallest absolute Gasteiger partial charge is 0.257 e. The van der Waals surface area contributed by atoms with E-state index in [1.54, 1.807) is 18.5 Å². The first-order valence-corrected chi connectivity index (χ1v) is 7.85. The van der Waals surface area contributed by atoms with Crippen LogP contribution in [0.4, 0.5) is 17.1 Å². The molecule has 1 aromatic heterocycles. The van der Waals surface area contributed by atoms with Gasteiger partial charge in [-0.05, 0) is 46.3 Å². The molecule has 0 bridgehead atoms. The Kier molecular flexibility index (Phi) is 4.68. The first-order chi connectivity index (χ1) is 11.2. The van der Waals surface area contributed by atoms with Gasteiger partial charge in [-0.2, -0.15) is 0 Å². The number of aromatic nitrogens is 1. The molecule has 0 atom stereocenters. The molecule has 2 aromatic carbocycles. The molecule has 4 nitrogen and oxygen atoms in total. The minimum Gasteiger partial charge on any atom is -0.353 e. The van der Waals surface area contributed by atoms with Gasteiger partial charge in [0, 0.05) is 16.4 Å². The minimum absolute atomic E-state index is 0.195. The van der Waals surface area contributed by atoms with E-state index in [0.717, 1.165) is 21.5 Å². The standard InChI is InChI=1S/C18H14BrN3O/c19-16-8-4-5-9-17(16)21-15-10-13(11-20-12-15)18(23)22-14-6-2-1-3-7-14/h1-12,21H,(H,22,23). The predicted octanol–water partition coefficient (Wildman–Crippen LogP) is 4.84. The topological polar surface area (TPSA) is 54.0 Å². The predicted molar refractivity (Wildman–Crippen MR) is 96.1 cm³/mol. The molecule has 114 valence electrons. The van der Waals surface area contributed by atoms with Crippen molar-refractivity contribution < 1.29 is 4.79 Å². The van der Waals surface area contributed by atoms with Crippen molar-refractivity contribution in [2.75, 3.05) is 10.6 Å². The molecule has 0 aliphatic rings. The summed E-state index contributed by atoms with van der Waals surface area (Å²) in [5, 5.41) is 6.09. The summed E-state index contributed by atoms with van der Waals surface area (Å²) in [5.41, 5.74) is 2.90. The number of benzene rings is 2. The minimum atomic E-state index is -0.195. The first-order valence-electron chi connectivity index (χ1n) is 7.05. The number of hydrogen-bond donors (Lipinski definition) is 2. The fraction of sp³-hybridized carbons (Fsp3) is 0. The number of hydrogen-bond acceptors (Lipinski definition) is 3. The fourth-order valence-electron chi connectivity index (χ4n) is 2.08. The van der Waals surface area contributed by atoms with Crippen molar-refractivity contribution in [3.8, 4) is 0 Å². The second-order valence-corrected chi connectivity index (χ2v) is 5.74. The maximum atomic E-state index is 12.3. The molecule has 1 amide bonds. The lowest BCUT2D eigenvalue weighted by atomic mass is 10.2. The van der Waals surface area contributed by atoms with Gasteiger partial charge in [0.05, 0.1) is 23.1 Å². The van der Waals surface area contributed by atoms with E-state index in [1.165, 1.54) is 0 Å². The first kappa shape index (κ1) is 15.2. The lowest BCUT2D eigenvalue weighted by molar-refractivity contribution is 0.102. The number of amides is 1. The Morgan fingerprint density at radius 2 is 1.65 bits per heavy atom. The number of halogens is 1. The van der Waals surface area contributed by atoms with E-state index < -0.39 is 0 Å². The van der Waals surface area contributed by atoms with Gasteiger partial charge in [-0.25, -0.2) is 0 Å². The highest BCUT2D eigenvalue weighted by molar-refractivity contribution is 9.10. The molecule has 0 unspecified atom stereocenters. The molecule has 0 radical (unpaired) electrons. The van der Waals surface area contributed by atoms with Crippen molar-refractivity contribution in [3.63, 3.8) is 0 Å². The number of para-hydroxylation sites is 2. The summed E-state index contributed by atoms with van der Waals surface area (Å²) in [6, 6.07) is 18.9. The van der Waals surface area contributed by atoms with Gasteiger partial charge in [0.25, 0.3) is 5.91 Å². The number of carbonyl (C=O) groups is 1. The van der Waals surface area contributed by atoms with E-state index >= 15 is 0 Å². The summed E-state index contributed by atoms with van der Waals surface area (Å²) in [6.45, 7) is 0. The second-order valence-electron chi connectivity index (χ2n) is 4.89. The molecule has 3 rings (SSSR count). The van der Waals surface area contributed by atoms with Crippen LogP contribution in [-0.2, 0) is 0 Å². The second kappa shape index (κ2) is 7.07. The van der Waals surface area contributed by atoms with Crippen LogP contribution in [0.5, 0.6) is 0 Å². The van der Waals surface area contributed by atoms with Crippen molar-refractivity contribution in [3.05, 3.63) is 83.1 Å². The number of carbonyl (C=O) groups excluding carboxylic acids is 1. The molecule has 3 aromatic rings. The van der Waals surface area contributed by atoms with Gasteiger partial charge in [-0.15, -0.1) is 0 Å². The molecule has 0 aliphatic carbocycles. The monoisotopic (exact) mass is 367 g/mol. The number of anilines is 3. The van der Waals surface area contributed by atoms with Crippen LogP contribution in [-0.4, -0.2) is 10.9 Å². The Morgan fingerprint density at radius 3 is 2.43 bits per heavy atom. The Labute approximate surface area is 142 Å². The number of pyridine rings is 1. The van der Waals surface area contributed by atoms with Gasteiger partial charge >= 0.3 is 0 Å². The van der Waals surface area contributed by atoms with Crippen LogP contribution in [0.3, 0.4) is 0 Å². The normalized spacial score (nSPS) is 10.1. The van der Waals surface area contributed by atoms with Crippen molar-refractivity contribution in [1.82, 2.24) is 4.98 Å². The Bertz CT molecular complexity index is 821. The fourth-order valence-corrected chi connectivity index (χ4v) is 2.46. The van der Waals surface area contributed by atoms with Crippen LogP contribution in [0, 0.1) is 0 Å². The van der Waals surface area contributed by atoms with Gasteiger partial charge in [0.15, 0.2) is 0 Å². The largest absolute Gasteiger partial charge is 0.353 e. The van der Waals surface area contributed by atoms with Crippen LogP contribution in [0.2, 0.25) is 0 Å². The molecule has 5 heteroatoms. The van der Waals surface area contributed by atoms with E-state index in [9.17, 15) is 4.79 Å². The van der Waals surface area contributed by atoms with Crippen LogP contribution >= 0.6 is 15.9 Å². The van der Waals surface area contributed by atoms with Crippen LogP contribution in [0.15, 0.2) is 77.5 Å². The molecular formula is C18H14BrN3O. The molecule has 0 saturated heterocycles. The van der Waals surface area contributed by atoms with Crippen LogP contribution in [0.25, 0.3) is 0 Å². The van der Waals surface area contributed by atoms with Gasteiger partial charge in [0.2, 0.25) is 0 Å². The highest BCUT2D eigenvalue weighted by Crippen LogP contribution is 2.25. The van der Waals surface area contributed by atoms with E-state index in [1.807, 2.05) is 54.6 Å². The summed E-state index contributed by atoms with van der Waals surface area (Å²) in [7, 11) is 0. The molecule has 0 saturated carbocycles. The van der Waals surface area contributed by atoms with Crippen molar-refractivity contribution in [2.45, 2.75) is 0 Å². The number of nitrogens with one attached hydrogen (secondary N) is 2. The molecule has 23 heavy (non-hydrogen) atoms. The Hall–Kier alpha value is -2.66. The molecule has 2 N–H and O–H groups in total. The van der Waals surface area contributed by atoms with Gasteiger partial charge in [-0.3, -0.25) is 9.78 Å². The van der Waals surface area contributed by atoms with Gasteiger partial charge < -0.3 is 10.6 Å². The van der Waals surface area contributed by atoms with Crippen LogP contribution < -0.4 is 10.6 Å². The van der Waals surface area contributed by atoms with Crippen molar-refractivity contribution >= 4 is 38.9 Å². The SMILES string of the molecule is O=C(Nc1ccccc1)c1cncc(Nc2ccccc2Br)c1. The molecule has 1 heterocycles. The van der Waals surface area contributed by atoms with Crippen LogP contribution in [0.1, 0.15) is 10.4 Å². The molecule has 0 spiro atoms. The summed E-state index contributed by atoms with van der Waals surface area (Å²) in [5.74, 6) is -0.195. The number of rotatable bonds is 4. The summed E-state index contributed by atoms with van der Waals surface area (Å²) < 4.78 is 0.944. The van der Waals surface area contributed by atoms with Crippen molar-refractivity contribution in [2.24, 2.45) is 0 Å². The third-order valence-electron chi connectivity index (χ3n) is 3.18. The average Bonchev–Trinajstić information content (AvgIpc) is 2.58. The number of nitrogens with zero attached hydrogens (tertiary/aromatic N) is 1. The third kappa shape index (κ3) is 3.96. The Balaban J connectivity index is 1.77. The van der Waals surface area contributed by atoms with Gasteiger partial charge in [-0.1, -0.05) is 30.3 Å². The maximum Gasteiger partial charge on any atom is 0.257 e. The molecular weight excluding hydrogens is 354 g/mol. The zero-order chi connectivity index (χ0) is 16.1. The van der Waals surface area contributed by atoms with E-state index in [-0.39, 0.29) is 5.91 Å². The highest BCUT2D eigenvalue weighted by Gasteiger charge is 2.08. The van der Waals surface area contributed by atoms with Gasteiger partial charge in [0.1, 0.15) is 0 Å². The lowest BCUT2D eigenvalue weighted by Gasteiger charge is -2.10. The molecule has 0 fully saturated rings.